The SMILES string of the molecule is CC(C)(C)OC(=O)N[C@@H]1CCCN(c2c(Br)cnc3[nH]cc(NC(=O)C4CCC4)c23)C1. The van der Waals surface area contributed by atoms with Crippen molar-refractivity contribution >= 4 is 50.3 Å². The standard InChI is InChI=1S/C22H30BrN5O3/c1-22(2,3)31-21(30)26-14-8-5-9-28(12-14)18-15(23)10-24-19-17(18)16(11-25-19)27-20(29)13-6-4-7-13/h10-11,13-14H,4-9,12H2,1-3H3,(H,24,25)(H,26,30)(H,27,29)/t14-/m1/s1. The van der Waals surface area contributed by atoms with E-state index in [1.165, 1.54) is 0 Å². The molecule has 4 rings (SSSR count). The molecule has 168 valence electrons. The van der Waals surface area contributed by atoms with Crippen molar-refractivity contribution in [3.8, 4) is 0 Å². The summed E-state index contributed by atoms with van der Waals surface area (Å²) in [6.07, 6.45) is 8.03. The Balaban J connectivity index is 1.56. The Bertz CT molecular complexity index is 979. The number of pyridine rings is 1. The quantitative estimate of drug-likeness (QED) is 0.582. The van der Waals surface area contributed by atoms with Gasteiger partial charge in [0.1, 0.15) is 11.2 Å². The van der Waals surface area contributed by atoms with E-state index in [4.69, 9.17) is 4.74 Å². The molecule has 0 bridgehead atoms. The summed E-state index contributed by atoms with van der Waals surface area (Å²) < 4.78 is 6.28. The highest BCUT2D eigenvalue weighted by atomic mass is 79.9. The fourth-order valence-corrected chi connectivity index (χ4v) is 4.69. The number of fused-ring (bicyclic) bond motifs is 1. The molecule has 0 spiro atoms. The van der Waals surface area contributed by atoms with E-state index in [2.05, 4.69) is 41.4 Å². The molecule has 0 aromatic carbocycles. The number of nitrogens with zero attached hydrogens (tertiary/aromatic N) is 2. The lowest BCUT2D eigenvalue weighted by molar-refractivity contribution is -0.122. The number of halogens is 1. The normalized spacial score (nSPS) is 19.7. The van der Waals surface area contributed by atoms with Gasteiger partial charge >= 0.3 is 6.09 Å². The average Bonchev–Trinajstić information content (AvgIpc) is 3.01. The summed E-state index contributed by atoms with van der Waals surface area (Å²) in [5, 5.41) is 6.99. The van der Waals surface area contributed by atoms with E-state index in [1.54, 1.807) is 6.20 Å². The molecule has 31 heavy (non-hydrogen) atoms. The van der Waals surface area contributed by atoms with Crippen molar-refractivity contribution < 1.29 is 14.3 Å². The molecular weight excluding hydrogens is 462 g/mol. The van der Waals surface area contributed by atoms with Gasteiger partial charge in [-0.15, -0.1) is 0 Å². The third kappa shape index (κ3) is 4.97. The first kappa shape index (κ1) is 21.9. The van der Waals surface area contributed by atoms with Crippen LogP contribution in [-0.4, -0.2) is 46.7 Å². The van der Waals surface area contributed by atoms with E-state index < -0.39 is 11.7 Å². The Morgan fingerprint density at radius 2 is 2.03 bits per heavy atom. The van der Waals surface area contributed by atoms with Gasteiger partial charge < -0.3 is 25.3 Å². The van der Waals surface area contributed by atoms with E-state index in [0.29, 0.717) is 6.54 Å². The Kier molecular flexibility index (Phi) is 6.14. The van der Waals surface area contributed by atoms with Crippen LogP contribution >= 0.6 is 15.9 Å². The fourth-order valence-electron chi connectivity index (χ4n) is 4.14. The summed E-state index contributed by atoms with van der Waals surface area (Å²) in [5.41, 5.74) is 1.92. The summed E-state index contributed by atoms with van der Waals surface area (Å²) in [6.45, 7) is 7.07. The minimum atomic E-state index is -0.530. The Labute approximate surface area is 190 Å². The van der Waals surface area contributed by atoms with Gasteiger partial charge in [-0.1, -0.05) is 6.42 Å². The van der Waals surface area contributed by atoms with Crippen molar-refractivity contribution in [3.63, 3.8) is 0 Å². The van der Waals surface area contributed by atoms with Gasteiger partial charge in [-0.25, -0.2) is 9.78 Å². The fraction of sp³-hybridized carbons (Fsp3) is 0.591. The number of alkyl carbamates (subject to hydrolysis) is 1. The lowest BCUT2D eigenvalue weighted by Gasteiger charge is -2.36. The second kappa shape index (κ2) is 8.68. The molecule has 2 aromatic heterocycles. The summed E-state index contributed by atoms with van der Waals surface area (Å²) in [7, 11) is 0. The zero-order valence-electron chi connectivity index (χ0n) is 18.3. The van der Waals surface area contributed by atoms with E-state index in [0.717, 1.165) is 65.5 Å². The number of anilines is 2. The van der Waals surface area contributed by atoms with Crippen molar-refractivity contribution in [1.29, 1.82) is 0 Å². The van der Waals surface area contributed by atoms with Crippen LogP contribution in [-0.2, 0) is 9.53 Å². The maximum Gasteiger partial charge on any atom is 0.407 e. The Morgan fingerprint density at radius 1 is 1.26 bits per heavy atom. The van der Waals surface area contributed by atoms with Gasteiger partial charge in [-0.2, -0.15) is 0 Å². The van der Waals surface area contributed by atoms with Crippen LogP contribution in [0.3, 0.4) is 0 Å². The van der Waals surface area contributed by atoms with Gasteiger partial charge in [0.2, 0.25) is 5.91 Å². The molecule has 2 amide bonds. The molecule has 0 radical (unpaired) electrons. The van der Waals surface area contributed by atoms with E-state index in [9.17, 15) is 9.59 Å². The first-order valence-electron chi connectivity index (χ1n) is 10.9. The molecule has 8 nitrogen and oxygen atoms in total. The molecule has 2 aliphatic rings. The van der Waals surface area contributed by atoms with E-state index in [-0.39, 0.29) is 17.9 Å². The number of piperidine rings is 1. The smallest absolute Gasteiger partial charge is 0.407 e. The van der Waals surface area contributed by atoms with Gasteiger partial charge in [-0.05, 0) is 62.4 Å². The minimum absolute atomic E-state index is 0.0225. The van der Waals surface area contributed by atoms with Crippen molar-refractivity contribution in [2.75, 3.05) is 23.3 Å². The molecule has 1 aliphatic carbocycles. The third-order valence-electron chi connectivity index (χ3n) is 5.82. The van der Waals surface area contributed by atoms with E-state index in [1.807, 2.05) is 27.0 Å². The van der Waals surface area contributed by atoms with Crippen LogP contribution in [0.5, 0.6) is 0 Å². The minimum Gasteiger partial charge on any atom is -0.444 e. The molecular formula is C22H30BrN5O3. The molecule has 1 saturated heterocycles. The number of carbonyl (C=O) groups is 2. The number of ether oxygens (including phenoxy) is 1. The maximum absolute atomic E-state index is 12.6. The number of rotatable bonds is 4. The first-order valence-corrected chi connectivity index (χ1v) is 11.7. The maximum atomic E-state index is 12.6. The number of carbonyl (C=O) groups excluding carboxylic acids is 2. The van der Waals surface area contributed by atoms with Crippen molar-refractivity contribution in [3.05, 3.63) is 16.9 Å². The van der Waals surface area contributed by atoms with Crippen LogP contribution in [0.15, 0.2) is 16.9 Å². The zero-order chi connectivity index (χ0) is 22.2. The highest BCUT2D eigenvalue weighted by Crippen LogP contribution is 2.39. The number of nitrogens with one attached hydrogen (secondary N) is 3. The van der Waals surface area contributed by atoms with Crippen molar-refractivity contribution in [2.45, 2.75) is 64.5 Å². The van der Waals surface area contributed by atoms with E-state index >= 15 is 0 Å². The molecule has 2 aromatic rings. The number of amides is 2. The lowest BCUT2D eigenvalue weighted by atomic mass is 9.85. The average molecular weight is 492 g/mol. The summed E-state index contributed by atoms with van der Waals surface area (Å²) in [4.78, 5) is 34.7. The van der Waals surface area contributed by atoms with Crippen molar-refractivity contribution in [1.82, 2.24) is 15.3 Å². The van der Waals surface area contributed by atoms with Gasteiger partial charge in [0.05, 0.1) is 21.2 Å². The number of aromatic nitrogens is 2. The number of hydrogen-bond donors (Lipinski definition) is 3. The van der Waals surface area contributed by atoms with Crippen molar-refractivity contribution in [2.24, 2.45) is 5.92 Å². The molecule has 3 N–H and O–H groups in total. The highest BCUT2D eigenvalue weighted by molar-refractivity contribution is 9.10. The summed E-state index contributed by atoms with van der Waals surface area (Å²) in [5.74, 6) is 0.173. The molecule has 1 aliphatic heterocycles. The Morgan fingerprint density at radius 3 is 2.71 bits per heavy atom. The molecule has 9 heteroatoms. The van der Waals surface area contributed by atoms with Crippen LogP contribution in [0.25, 0.3) is 11.0 Å². The number of aromatic amines is 1. The van der Waals surface area contributed by atoms with Crippen LogP contribution in [0.4, 0.5) is 16.2 Å². The molecule has 3 heterocycles. The molecule has 1 atom stereocenters. The van der Waals surface area contributed by atoms with Gasteiger partial charge in [-0.3, -0.25) is 4.79 Å². The second-order valence-corrected chi connectivity index (χ2v) is 10.3. The number of H-pyrrole nitrogens is 1. The topological polar surface area (TPSA) is 99.3 Å². The molecule has 2 fully saturated rings. The van der Waals surface area contributed by atoms with Crippen LogP contribution in [0.1, 0.15) is 52.9 Å². The van der Waals surface area contributed by atoms with Gasteiger partial charge in [0.25, 0.3) is 0 Å². The summed E-state index contributed by atoms with van der Waals surface area (Å²) >= 11 is 3.66. The first-order chi connectivity index (χ1) is 14.7. The van der Waals surface area contributed by atoms with Crippen LogP contribution in [0, 0.1) is 5.92 Å². The Hall–Kier alpha value is -2.29. The summed E-state index contributed by atoms with van der Waals surface area (Å²) in [6, 6.07) is -0.0225. The predicted molar refractivity (Wildman–Crippen MR) is 124 cm³/mol. The molecule has 0 unspecified atom stereocenters. The van der Waals surface area contributed by atoms with Gasteiger partial charge in [0.15, 0.2) is 0 Å². The predicted octanol–water partition coefficient (Wildman–Crippen LogP) is 4.56. The number of hydrogen-bond acceptors (Lipinski definition) is 5. The lowest BCUT2D eigenvalue weighted by Crippen LogP contribution is -2.49. The van der Waals surface area contributed by atoms with Crippen LogP contribution < -0.4 is 15.5 Å². The largest absolute Gasteiger partial charge is 0.444 e. The highest BCUT2D eigenvalue weighted by Gasteiger charge is 2.29. The second-order valence-electron chi connectivity index (χ2n) is 9.43. The zero-order valence-corrected chi connectivity index (χ0v) is 19.8. The molecule has 1 saturated carbocycles. The monoisotopic (exact) mass is 491 g/mol. The van der Waals surface area contributed by atoms with Gasteiger partial charge in [0, 0.05) is 37.4 Å². The van der Waals surface area contributed by atoms with Crippen LogP contribution in [0.2, 0.25) is 0 Å². The third-order valence-corrected chi connectivity index (χ3v) is 6.40.